The molecular formula is C21H32N2O5. The molecule has 3 rings (SSSR count). The van der Waals surface area contributed by atoms with Gasteiger partial charge in [0.25, 0.3) is 0 Å². The lowest BCUT2D eigenvalue weighted by Crippen LogP contribution is -2.46. The van der Waals surface area contributed by atoms with Gasteiger partial charge in [-0.3, -0.25) is 14.4 Å². The highest BCUT2D eigenvalue weighted by atomic mass is 16.5. The van der Waals surface area contributed by atoms with E-state index >= 15 is 0 Å². The van der Waals surface area contributed by atoms with Crippen LogP contribution in [0.15, 0.2) is 12.2 Å². The minimum Gasteiger partial charge on any atom is -0.481 e. The molecule has 7 heteroatoms. The topological polar surface area (TPSA) is 105 Å². The number of rotatable bonds is 9. The monoisotopic (exact) mass is 392 g/mol. The average Bonchev–Trinajstić information content (AvgIpc) is 3.40. The van der Waals surface area contributed by atoms with Crippen molar-refractivity contribution in [1.82, 2.24) is 10.6 Å². The minimum absolute atomic E-state index is 0.142. The molecule has 2 aliphatic heterocycles. The quantitative estimate of drug-likeness (QED) is 0.317. The SMILES string of the molecule is O=C(O)CCC/C=C\C[C@@H]1[C@@H](CNC(=O)C(=O)NC2CCCC2)[C@@H]2CC[C@H]1O2. The summed E-state index contributed by atoms with van der Waals surface area (Å²) >= 11 is 0. The summed E-state index contributed by atoms with van der Waals surface area (Å²) in [7, 11) is 0. The van der Waals surface area contributed by atoms with Crippen molar-refractivity contribution >= 4 is 17.8 Å². The van der Waals surface area contributed by atoms with E-state index in [4.69, 9.17) is 9.84 Å². The fourth-order valence-corrected chi connectivity index (χ4v) is 4.83. The Bertz CT molecular complexity index is 600. The maximum Gasteiger partial charge on any atom is 0.309 e. The summed E-state index contributed by atoms with van der Waals surface area (Å²) in [6.45, 7) is 0.468. The number of fused-ring (bicyclic) bond motifs is 2. The third kappa shape index (κ3) is 5.56. The number of carbonyl (C=O) groups is 3. The van der Waals surface area contributed by atoms with Crippen molar-refractivity contribution < 1.29 is 24.2 Å². The summed E-state index contributed by atoms with van der Waals surface area (Å²) in [6.07, 6.45) is 13.2. The van der Waals surface area contributed by atoms with Crippen LogP contribution in [0.4, 0.5) is 0 Å². The second-order valence-corrected chi connectivity index (χ2v) is 8.28. The van der Waals surface area contributed by atoms with E-state index in [1.165, 1.54) is 0 Å². The van der Waals surface area contributed by atoms with Crippen molar-refractivity contribution in [3.05, 3.63) is 12.2 Å². The largest absolute Gasteiger partial charge is 0.481 e. The first-order valence-corrected chi connectivity index (χ1v) is 10.7. The number of ether oxygens (including phenoxy) is 1. The first kappa shape index (κ1) is 20.8. The Labute approximate surface area is 166 Å². The number of amides is 2. The Morgan fingerprint density at radius 1 is 0.964 bits per heavy atom. The van der Waals surface area contributed by atoms with Gasteiger partial charge >= 0.3 is 17.8 Å². The molecule has 3 N–H and O–H groups in total. The first-order chi connectivity index (χ1) is 13.5. The molecule has 156 valence electrons. The number of unbranched alkanes of at least 4 members (excludes halogenated alkanes) is 1. The average molecular weight is 392 g/mol. The Morgan fingerprint density at radius 3 is 2.39 bits per heavy atom. The summed E-state index contributed by atoms with van der Waals surface area (Å²) in [6, 6.07) is 0.142. The maximum atomic E-state index is 12.2. The van der Waals surface area contributed by atoms with Crippen LogP contribution in [0.1, 0.15) is 64.2 Å². The van der Waals surface area contributed by atoms with Gasteiger partial charge in [0, 0.05) is 24.9 Å². The van der Waals surface area contributed by atoms with Crippen LogP contribution in [0.5, 0.6) is 0 Å². The van der Waals surface area contributed by atoms with Crippen molar-refractivity contribution in [3.63, 3.8) is 0 Å². The standard InChI is InChI=1S/C21H32N2O5/c24-19(25)10-4-2-1-3-9-15-16(18-12-11-17(15)28-18)13-22-20(26)21(27)23-14-7-5-6-8-14/h1,3,14-18H,2,4-13H2,(H,22,26)(H,23,27)(H,24,25)/b3-1-/t15-,16-,17-,18+/m1/s1. The van der Waals surface area contributed by atoms with Gasteiger partial charge in [0.2, 0.25) is 0 Å². The molecule has 0 radical (unpaired) electrons. The second-order valence-electron chi connectivity index (χ2n) is 8.28. The van der Waals surface area contributed by atoms with Crippen LogP contribution in [-0.2, 0) is 19.1 Å². The molecule has 0 aromatic carbocycles. The van der Waals surface area contributed by atoms with Crippen molar-refractivity contribution in [2.75, 3.05) is 6.54 Å². The summed E-state index contributed by atoms with van der Waals surface area (Å²) in [5.74, 6) is -1.26. The number of nitrogens with one attached hydrogen (secondary N) is 2. The smallest absolute Gasteiger partial charge is 0.309 e. The zero-order valence-electron chi connectivity index (χ0n) is 16.4. The fourth-order valence-electron chi connectivity index (χ4n) is 4.83. The lowest BCUT2D eigenvalue weighted by atomic mass is 9.77. The van der Waals surface area contributed by atoms with E-state index < -0.39 is 17.8 Å². The van der Waals surface area contributed by atoms with E-state index in [9.17, 15) is 14.4 Å². The lowest BCUT2D eigenvalue weighted by molar-refractivity contribution is -0.139. The van der Waals surface area contributed by atoms with Gasteiger partial charge in [0.1, 0.15) is 0 Å². The van der Waals surface area contributed by atoms with E-state index in [0.717, 1.165) is 51.4 Å². The lowest BCUT2D eigenvalue weighted by Gasteiger charge is -2.27. The van der Waals surface area contributed by atoms with Gasteiger partial charge in [0.05, 0.1) is 12.2 Å². The molecule has 28 heavy (non-hydrogen) atoms. The molecular weight excluding hydrogens is 360 g/mol. The first-order valence-electron chi connectivity index (χ1n) is 10.7. The molecule has 0 aromatic rings. The van der Waals surface area contributed by atoms with Crippen LogP contribution < -0.4 is 10.6 Å². The number of carboxylic acids is 1. The minimum atomic E-state index is -0.761. The van der Waals surface area contributed by atoms with Gasteiger partial charge in [-0.2, -0.15) is 0 Å². The Kier molecular flexibility index (Phi) is 7.48. The highest BCUT2D eigenvalue weighted by Crippen LogP contribution is 2.44. The zero-order valence-corrected chi connectivity index (χ0v) is 16.4. The molecule has 3 aliphatic rings. The van der Waals surface area contributed by atoms with E-state index in [1.54, 1.807) is 0 Å². The molecule has 2 saturated heterocycles. The Balaban J connectivity index is 1.42. The predicted octanol–water partition coefficient (Wildman–Crippen LogP) is 2.16. The van der Waals surface area contributed by atoms with E-state index in [2.05, 4.69) is 16.7 Å². The molecule has 4 atom stereocenters. The van der Waals surface area contributed by atoms with Crippen LogP contribution in [0.2, 0.25) is 0 Å². The molecule has 2 bridgehead atoms. The molecule has 2 heterocycles. The molecule has 3 fully saturated rings. The molecule has 1 saturated carbocycles. The van der Waals surface area contributed by atoms with Crippen LogP contribution >= 0.6 is 0 Å². The van der Waals surface area contributed by atoms with Crippen LogP contribution in [0.3, 0.4) is 0 Å². The second kappa shape index (κ2) is 10.0. The van der Waals surface area contributed by atoms with Gasteiger partial charge in [0.15, 0.2) is 0 Å². The number of aliphatic carboxylic acids is 1. The van der Waals surface area contributed by atoms with Crippen molar-refractivity contribution in [1.29, 1.82) is 0 Å². The molecule has 0 unspecified atom stereocenters. The maximum absolute atomic E-state index is 12.2. The van der Waals surface area contributed by atoms with Crippen molar-refractivity contribution in [2.24, 2.45) is 11.8 Å². The number of hydrogen-bond acceptors (Lipinski definition) is 4. The van der Waals surface area contributed by atoms with Crippen molar-refractivity contribution in [3.8, 4) is 0 Å². The molecule has 2 amide bonds. The van der Waals surface area contributed by atoms with Crippen LogP contribution in [-0.4, -0.2) is 47.7 Å². The summed E-state index contributed by atoms with van der Waals surface area (Å²) in [4.78, 5) is 34.8. The van der Waals surface area contributed by atoms with Gasteiger partial charge < -0.3 is 20.5 Å². The van der Waals surface area contributed by atoms with Crippen LogP contribution in [0.25, 0.3) is 0 Å². The molecule has 0 spiro atoms. The van der Waals surface area contributed by atoms with Crippen LogP contribution in [0, 0.1) is 11.8 Å². The third-order valence-corrected chi connectivity index (χ3v) is 6.32. The van der Waals surface area contributed by atoms with E-state index in [-0.39, 0.29) is 30.6 Å². The zero-order chi connectivity index (χ0) is 19.9. The normalized spacial score (nSPS) is 29.4. The summed E-state index contributed by atoms with van der Waals surface area (Å²) in [5.41, 5.74) is 0. The van der Waals surface area contributed by atoms with E-state index in [0.29, 0.717) is 18.9 Å². The van der Waals surface area contributed by atoms with Gasteiger partial charge in [-0.25, -0.2) is 0 Å². The number of carboxylic acid groups (broad SMARTS) is 1. The molecule has 0 aromatic heterocycles. The van der Waals surface area contributed by atoms with Gasteiger partial charge in [-0.05, 0) is 50.9 Å². The fraction of sp³-hybridized carbons (Fsp3) is 0.762. The number of hydrogen-bond donors (Lipinski definition) is 3. The van der Waals surface area contributed by atoms with Crippen molar-refractivity contribution in [2.45, 2.75) is 82.5 Å². The van der Waals surface area contributed by atoms with Gasteiger partial charge in [-0.15, -0.1) is 0 Å². The highest BCUT2D eigenvalue weighted by Gasteiger charge is 2.48. The Hall–Kier alpha value is -1.89. The number of allylic oxidation sites excluding steroid dienone is 2. The third-order valence-electron chi connectivity index (χ3n) is 6.32. The summed E-state index contributed by atoms with van der Waals surface area (Å²) < 4.78 is 6.04. The molecule has 1 aliphatic carbocycles. The molecule has 7 nitrogen and oxygen atoms in total. The number of carbonyl (C=O) groups excluding carboxylic acids is 2. The predicted molar refractivity (Wildman–Crippen MR) is 104 cm³/mol. The Morgan fingerprint density at radius 2 is 1.68 bits per heavy atom. The summed E-state index contributed by atoms with van der Waals surface area (Å²) in [5, 5.41) is 14.3. The van der Waals surface area contributed by atoms with E-state index in [1.807, 2.05) is 6.08 Å². The highest BCUT2D eigenvalue weighted by molar-refractivity contribution is 6.35. The van der Waals surface area contributed by atoms with Gasteiger partial charge in [-0.1, -0.05) is 25.0 Å².